The molecule has 1 aliphatic rings. The van der Waals surface area contributed by atoms with Gasteiger partial charge in [-0.1, -0.05) is 34.0 Å². The van der Waals surface area contributed by atoms with Gasteiger partial charge in [0.15, 0.2) is 0 Å². The minimum absolute atomic E-state index is 0.0208. The Morgan fingerprint density at radius 1 is 1.28 bits per heavy atom. The van der Waals surface area contributed by atoms with Crippen molar-refractivity contribution < 1.29 is 4.74 Å². The molecule has 2 N–H and O–H groups in total. The highest BCUT2D eigenvalue weighted by molar-refractivity contribution is 9.10. The molecule has 2 rings (SSSR count). The molecule has 0 aliphatic heterocycles. The minimum atomic E-state index is -0.0208. The number of halogens is 1. The molecule has 3 heteroatoms. The van der Waals surface area contributed by atoms with E-state index in [4.69, 9.17) is 10.5 Å². The highest BCUT2D eigenvalue weighted by Gasteiger charge is 2.16. The molecule has 2 nitrogen and oxygen atoms in total. The summed E-state index contributed by atoms with van der Waals surface area (Å²) in [5.74, 6) is 0.859. The number of methoxy groups -OCH3 is 1. The maximum atomic E-state index is 6.41. The van der Waals surface area contributed by atoms with Crippen molar-refractivity contribution in [3.05, 3.63) is 39.9 Å². The summed E-state index contributed by atoms with van der Waals surface area (Å²) >= 11 is 3.58. The molecule has 0 spiro atoms. The van der Waals surface area contributed by atoms with Crippen LogP contribution in [0.2, 0.25) is 0 Å². The third-order valence-corrected chi connectivity index (χ3v) is 4.24. The van der Waals surface area contributed by atoms with E-state index in [2.05, 4.69) is 22.0 Å². The Bertz CT molecular complexity index is 442. The topological polar surface area (TPSA) is 35.2 Å². The average molecular weight is 310 g/mol. The van der Waals surface area contributed by atoms with Gasteiger partial charge in [-0.05, 0) is 49.4 Å². The summed E-state index contributed by atoms with van der Waals surface area (Å²) in [6.45, 7) is 0. The van der Waals surface area contributed by atoms with Crippen LogP contribution in [0, 0.1) is 0 Å². The second-order valence-electron chi connectivity index (χ2n) is 4.74. The van der Waals surface area contributed by atoms with Crippen LogP contribution in [-0.4, -0.2) is 7.11 Å². The van der Waals surface area contributed by atoms with Crippen LogP contribution in [0.25, 0.3) is 0 Å². The van der Waals surface area contributed by atoms with Gasteiger partial charge in [-0.3, -0.25) is 0 Å². The minimum Gasteiger partial charge on any atom is -0.497 e. The molecule has 18 heavy (non-hydrogen) atoms. The third-order valence-electron chi connectivity index (χ3n) is 3.51. The lowest BCUT2D eigenvalue weighted by molar-refractivity contribution is 0.414. The van der Waals surface area contributed by atoms with Crippen molar-refractivity contribution in [2.24, 2.45) is 5.73 Å². The van der Waals surface area contributed by atoms with Crippen molar-refractivity contribution in [3.8, 4) is 5.75 Å². The monoisotopic (exact) mass is 309 g/mol. The number of nitrogens with two attached hydrogens (primary N) is 1. The zero-order valence-electron chi connectivity index (χ0n) is 10.8. The molecule has 0 heterocycles. The summed E-state index contributed by atoms with van der Waals surface area (Å²) in [6.07, 6.45) is 8.45. The van der Waals surface area contributed by atoms with E-state index in [1.807, 2.05) is 18.2 Å². The zero-order valence-corrected chi connectivity index (χ0v) is 12.4. The van der Waals surface area contributed by atoms with E-state index >= 15 is 0 Å². The van der Waals surface area contributed by atoms with Crippen molar-refractivity contribution >= 4 is 15.9 Å². The maximum absolute atomic E-state index is 6.41. The van der Waals surface area contributed by atoms with Crippen LogP contribution in [0.1, 0.15) is 43.7 Å². The molecule has 1 aromatic rings. The fourth-order valence-electron chi connectivity index (χ4n) is 2.41. The van der Waals surface area contributed by atoms with Crippen molar-refractivity contribution in [2.75, 3.05) is 7.11 Å². The van der Waals surface area contributed by atoms with Gasteiger partial charge in [-0.15, -0.1) is 0 Å². The third kappa shape index (κ3) is 3.15. The van der Waals surface area contributed by atoms with E-state index in [0.717, 1.165) is 28.6 Å². The lowest BCUT2D eigenvalue weighted by atomic mass is 9.96. The van der Waals surface area contributed by atoms with Crippen LogP contribution in [0.15, 0.2) is 34.3 Å². The first kappa shape index (κ1) is 13.6. The number of hydrogen-bond acceptors (Lipinski definition) is 2. The number of rotatable bonds is 3. The average Bonchev–Trinajstić information content (AvgIpc) is 2.67. The molecule has 1 atom stereocenters. The van der Waals surface area contributed by atoms with Gasteiger partial charge in [0.1, 0.15) is 5.75 Å². The number of ether oxygens (including phenoxy) is 1. The Balaban J connectivity index is 2.26. The van der Waals surface area contributed by atoms with Crippen LogP contribution in [0.4, 0.5) is 0 Å². The molecule has 0 amide bonds. The Morgan fingerprint density at radius 3 is 2.89 bits per heavy atom. The predicted octanol–water partition coefficient (Wildman–Crippen LogP) is 4.35. The number of benzene rings is 1. The first-order chi connectivity index (χ1) is 8.72. The highest BCUT2D eigenvalue weighted by Crippen LogP contribution is 2.33. The van der Waals surface area contributed by atoms with Crippen molar-refractivity contribution in [3.63, 3.8) is 0 Å². The first-order valence-corrected chi connectivity index (χ1v) is 7.29. The van der Waals surface area contributed by atoms with Crippen LogP contribution in [0.5, 0.6) is 5.75 Å². The number of hydrogen-bond donors (Lipinski definition) is 1. The van der Waals surface area contributed by atoms with Gasteiger partial charge >= 0.3 is 0 Å². The lowest BCUT2D eigenvalue weighted by Crippen LogP contribution is -2.14. The molecule has 98 valence electrons. The summed E-state index contributed by atoms with van der Waals surface area (Å²) in [5.41, 5.74) is 8.89. The van der Waals surface area contributed by atoms with E-state index in [9.17, 15) is 0 Å². The largest absolute Gasteiger partial charge is 0.497 e. The zero-order chi connectivity index (χ0) is 13.0. The van der Waals surface area contributed by atoms with Gasteiger partial charge in [0.05, 0.1) is 13.2 Å². The fraction of sp³-hybridized carbons (Fsp3) is 0.467. The molecule has 0 radical (unpaired) electrons. The second-order valence-corrected chi connectivity index (χ2v) is 5.60. The summed E-state index contributed by atoms with van der Waals surface area (Å²) in [6, 6.07) is 5.96. The van der Waals surface area contributed by atoms with Crippen LogP contribution < -0.4 is 10.5 Å². The van der Waals surface area contributed by atoms with Gasteiger partial charge in [-0.25, -0.2) is 0 Å². The van der Waals surface area contributed by atoms with Gasteiger partial charge in [0, 0.05) is 4.47 Å². The Hall–Kier alpha value is -0.800. The first-order valence-electron chi connectivity index (χ1n) is 6.50. The molecule has 0 bridgehead atoms. The summed E-state index contributed by atoms with van der Waals surface area (Å²) in [5, 5.41) is 0. The van der Waals surface area contributed by atoms with Crippen LogP contribution in [-0.2, 0) is 0 Å². The van der Waals surface area contributed by atoms with E-state index in [-0.39, 0.29) is 6.04 Å². The molecule has 1 aromatic carbocycles. The highest BCUT2D eigenvalue weighted by atomic mass is 79.9. The molecular formula is C15H20BrNO. The Kier molecular flexibility index (Phi) is 4.84. The van der Waals surface area contributed by atoms with E-state index < -0.39 is 0 Å². The van der Waals surface area contributed by atoms with Gasteiger partial charge in [0.2, 0.25) is 0 Å². The molecule has 0 aromatic heterocycles. The molecule has 1 aliphatic carbocycles. The molecular weight excluding hydrogens is 290 g/mol. The van der Waals surface area contributed by atoms with E-state index in [1.54, 1.807) is 7.11 Å². The van der Waals surface area contributed by atoms with E-state index in [0.29, 0.717) is 0 Å². The summed E-state index contributed by atoms with van der Waals surface area (Å²) in [7, 11) is 1.68. The second kappa shape index (κ2) is 6.39. The fourth-order valence-corrected chi connectivity index (χ4v) is 2.90. The van der Waals surface area contributed by atoms with Crippen molar-refractivity contribution in [1.82, 2.24) is 0 Å². The van der Waals surface area contributed by atoms with Crippen molar-refractivity contribution in [2.45, 2.75) is 38.1 Å². The summed E-state index contributed by atoms with van der Waals surface area (Å²) < 4.78 is 6.33. The summed E-state index contributed by atoms with van der Waals surface area (Å²) in [4.78, 5) is 0. The SMILES string of the molecule is COc1ccc(Br)c(C(N)C2=CCCCCC2)c1. The molecule has 0 fully saturated rings. The van der Waals surface area contributed by atoms with Gasteiger partial charge in [0.25, 0.3) is 0 Å². The Morgan fingerprint density at radius 2 is 2.11 bits per heavy atom. The molecule has 0 saturated carbocycles. The van der Waals surface area contributed by atoms with Gasteiger partial charge in [-0.2, -0.15) is 0 Å². The smallest absolute Gasteiger partial charge is 0.119 e. The normalized spacial score (nSPS) is 17.8. The predicted molar refractivity (Wildman–Crippen MR) is 78.8 cm³/mol. The van der Waals surface area contributed by atoms with Crippen molar-refractivity contribution in [1.29, 1.82) is 0 Å². The van der Waals surface area contributed by atoms with E-state index in [1.165, 1.54) is 24.8 Å². The molecule has 0 saturated heterocycles. The van der Waals surface area contributed by atoms with Crippen LogP contribution >= 0.6 is 15.9 Å². The lowest BCUT2D eigenvalue weighted by Gasteiger charge is -2.18. The standard InChI is InChI=1S/C15H20BrNO/c1-18-12-8-9-14(16)13(10-12)15(17)11-6-4-2-3-5-7-11/h6,8-10,15H,2-5,7,17H2,1H3. The quantitative estimate of drug-likeness (QED) is 0.843. The molecule has 1 unspecified atom stereocenters. The number of allylic oxidation sites excluding steroid dienone is 1. The van der Waals surface area contributed by atoms with Crippen LogP contribution in [0.3, 0.4) is 0 Å². The Labute approximate surface area is 117 Å². The van der Waals surface area contributed by atoms with Gasteiger partial charge < -0.3 is 10.5 Å². The maximum Gasteiger partial charge on any atom is 0.119 e.